The quantitative estimate of drug-likeness (QED) is 0.587. The van der Waals surface area contributed by atoms with Gasteiger partial charge in [0.05, 0.1) is 16.8 Å². The number of hydrogen-bond donors (Lipinski definition) is 1. The Balaban J connectivity index is 1.85. The molecule has 1 N–H and O–H groups in total. The number of carbonyl (C=O) groups excluding carboxylic acids is 1. The number of nitrogens with zero attached hydrogens (tertiary/aromatic N) is 1. The number of hydrogen-bond acceptors (Lipinski definition) is 5. The van der Waals surface area contributed by atoms with Gasteiger partial charge < -0.3 is 19.5 Å². The zero-order valence-corrected chi connectivity index (χ0v) is 15.5. The molecule has 0 atom stereocenters. The number of ether oxygens (including phenoxy) is 3. The second-order valence-corrected chi connectivity index (χ2v) is 6.14. The number of anilines is 1. The van der Waals surface area contributed by atoms with Crippen LogP contribution in [-0.2, 0) is 4.79 Å². The van der Waals surface area contributed by atoms with Crippen molar-refractivity contribution >= 4 is 33.6 Å². The molecule has 1 heterocycles. The van der Waals surface area contributed by atoms with Crippen molar-refractivity contribution < 1.29 is 19.0 Å². The molecule has 1 aliphatic heterocycles. The van der Waals surface area contributed by atoms with Crippen LogP contribution in [-0.4, -0.2) is 19.3 Å². The molecule has 132 valence electrons. The highest BCUT2D eigenvalue weighted by molar-refractivity contribution is 9.10. The molecule has 0 saturated heterocycles. The number of para-hydroxylation sites is 2. The molecule has 1 aliphatic rings. The average Bonchev–Trinajstić information content (AvgIpc) is 3.10. The van der Waals surface area contributed by atoms with Gasteiger partial charge in [0.1, 0.15) is 17.4 Å². The fourth-order valence-corrected chi connectivity index (χ4v) is 3.00. The van der Waals surface area contributed by atoms with E-state index in [1.54, 1.807) is 30.3 Å². The van der Waals surface area contributed by atoms with E-state index < -0.39 is 5.91 Å². The van der Waals surface area contributed by atoms with Crippen molar-refractivity contribution in [2.24, 2.45) is 0 Å². The predicted octanol–water partition coefficient (Wildman–Crippen LogP) is 4.12. The lowest BCUT2D eigenvalue weighted by Gasteiger charge is -2.10. The van der Waals surface area contributed by atoms with Crippen LogP contribution in [0, 0.1) is 11.3 Å². The third-order valence-electron chi connectivity index (χ3n) is 3.56. The predicted molar refractivity (Wildman–Crippen MR) is 100 cm³/mol. The van der Waals surface area contributed by atoms with Gasteiger partial charge >= 0.3 is 0 Å². The number of halogens is 1. The topological polar surface area (TPSA) is 80.6 Å². The van der Waals surface area contributed by atoms with Gasteiger partial charge in [0.25, 0.3) is 5.91 Å². The number of rotatable bonds is 5. The minimum atomic E-state index is -0.520. The Hall–Kier alpha value is -2.98. The molecular formula is C19H15BrN2O4. The molecule has 0 aromatic heterocycles. The average molecular weight is 415 g/mol. The third kappa shape index (κ3) is 3.81. The van der Waals surface area contributed by atoms with Gasteiger partial charge in [-0.3, -0.25) is 4.79 Å². The Morgan fingerprint density at radius 1 is 1.38 bits per heavy atom. The first kappa shape index (κ1) is 17.8. The monoisotopic (exact) mass is 414 g/mol. The van der Waals surface area contributed by atoms with Crippen molar-refractivity contribution in [3.8, 4) is 23.3 Å². The summed E-state index contributed by atoms with van der Waals surface area (Å²) in [7, 11) is 0. The summed E-state index contributed by atoms with van der Waals surface area (Å²) in [5.74, 6) is 1.20. The van der Waals surface area contributed by atoms with Crippen molar-refractivity contribution in [1.82, 2.24) is 0 Å². The van der Waals surface area contributed by atoms with Crippen molar-refractivity contribution in [2.75, 3.05) is 18.7 Å². The van der Waals surface area contributed by atoms with E-state index in [-0.39, 0.29) is 12.4 Å². The summed E-state index contributed by atoms with van der Waals surface area (Å²) in [6.07, 6.45) is 1.49. The van der Waals surface area contributed by atoms with Crippen molar-refractivity contribution in [3.63, 3.8) is 0 Å². The molecule has 2 aromatic carbocycles. The maximum absolute atomic E-state index is 12.5. The first-order valence-corrected chi connectivity index (χ1v) is 8.65. The lowest BCUT2D eigenvalue weighted by atomic mass is 10.1. The van der Waals surface area contributed by atoms with E-state index in [9.17, 15) is 10.1 Å². The van der Waals surface area contributed by atoms with Crippen molar-refractivity contribution in [1.29, 1.82) is 5.26 Å². The second kappa shape index (κ2) is 7.93. The molecule has 0 saturated carbocycles. The summed E-state index contributed by atoms with van der Waals surface area (Å²) in [5.41, 5.74) is 1.11. The number of nitrogens with one attached hydrogen (secondary N) is 1. The van der Waals surface area contributed by atoms with E-state index in [0.717, 1.165) is 0 Å². The van der Waals surface area contributed by atoms with Gasteiger partial charge in [-0.25, -0.2) is 0 Å². The van der Waals surface area contributed by atoms with Gasteiger partial charge in [0.2, 0.25) is 6.79 Å². The van der Waals surface area contributed by atoms with Crippen LogP contribution in [0.5, 0.6) is 17.2 Å². The Kier molecular flexibility index (Phi) is 5.44. The highest BCUT2D eigenvalue weighted by Gasteiger charge is 2.18. The third-order valence-corrected chi connectivity index (χ3v) is 4.15. The minimum absolute atomic E-state index is 0.0398. The number of benzene rings is 2. The zero-order valence-electron chi connectivity index (χ0n) is 13.9. The first-order valence-electron chi connectivity index (χ1n) is 7.86. The maximum atomic E-state index is 12.5. The molecule has 26 heavy (non-hydrogen) atoms. The summed E-state index contributed by atoms with van der Waals surface area (Å²) in [5, 5.41) is 12.1. The maximum Gasteiger partial charge on any atom is 0.266 e. The SMILES string of the molecule is CCOc1ccccc1NC(=O)/C(C#N)=C/c1cc(Br)c2c(c1)OCO2. The van der Waals surface area contributed by atoms with Crippen LogP contribution in [0.25, 0.3) is 6.08 Å². The highest BCUT2D eigenvalue weighted by Crippen LogP contribution is 2.40. The molecule has 6 nitrogen and oxygen atoms in total. The van der Waals surface area contributed by atoms with Crippen molar-refractivity contribution in [2.45, 2.75) is 6.92 Å². The van der Waals surface area contributed by atoms with Crippen LogP contribution in [0.15, 0.2) is 46.4 Å². The lowest BCUT2D eigenvalue weighted by Crippen LogP contribution is -2.14. The molecule has 0 spiro atoms. The second-order valence-electron chi connectivity index (χ2n) is 5.29. The van der Waals surface area contributed by atoms with Crippen LogP contribution in [0.4, 0.5) is 5.69 Å². The Bertz CT molecular complexity index is 918. The number of nitriles is 1. The van der Waals surface area contributed by atoms with Gasteiger partial charge in [0, 0.05) is 0 Å². The number of carbonyl (C=O) groups is 1. The van der Waals surface area contributed by atoms with Gasteiger partial charge in [0.15, 0.2) is 11.5 Å². The normalized spacial score (nSPS) is 12.4. The van der Waals surface area contributed by atoms with E-state index in [4.69, 9.17) is 14.2 Å². The van der Waals surface area contributed by atoms with Crippen molar-refractivity contribution in [3.05, 3.63) is 52.0 Å². The fraction of sp³-hybridized carbons (Fsp3) is 0.158. The molecule has 0 radical (unpaired) electrons. The Morgan fingerprint density at radius 2 is 2.19 bits per heavy atom. The number of fused-ring (bicyclic) bond motifs is 1. The Morgan fingerprint density at radius 3 is 2.96 bits per heavy atom. The zero-order chi connectivity index (χ0) is 18.5. The van der Waals surface area contributed by atoms with E-state index in [1.165, 1.54) is 6.08 Å². The molecule has 2 aromatic rings. The lowest BCUT2D eigenvalue weighted by molar-refractivity contribution is -0.112. The van der Waals surface area contributed by atoms with Crippen LogP contribution in [0.3, 0.4) is 0 Å². The van der Waals surface area contributed by atoms with Gasteiger partial charge in [-0.2, -0.15) is 5.26 Å². The fourth-order valence-electron chi connectivity index (χ4n) is 2.43. The molecule has 0 bridgehead atoms. The van der Waals surface area contributed by atoms with Crippen LogP contribution < -0.4 is 19.5 Å². The molecule has 3 rings (SSSR count). The van der Waals surface area contributed by atoms with E-state index in [1.807, 2.05) is 19.1 Å². The van der Waals surface area contributed by atoms with E-state index in [0.29, 0.717) is 39.6 Å². The van der Waals surface area contributed by atoms with E-state index >= 15 is 0 Å². The van der Waals surface area contributed by atoms with Gasteiger partial charge in [-0.15, -0.1) is 0 Å². The molecule has 0 unspecified atom stereocenters. The standard InChI is InChI=1S/C19H15BrN2O4/c1-2-24-16-6-4-3-5-15(16)22-19(23)13(10-21)7-12-8-14(20)18-17(9-12)25-11-26-18/h3-9H,2,11H2,1H3,(H,22,23)/b13-7+. The van der Waals surface area contributed by atoms with Gasteiger partial charge in [-0.05, 0) is 58.8 Å². The Labute approximate surface area is 159 Å². The molecule has 7 heteroatoms. The summed E-state index contributed by atoms with van der Waals surface area (Å²) in [6, 6.07) is 12.5. The van der Waals surface area contributed by atoms with Crippen LogP contribution in [0.1, 0.15) is 12.5 Å². The summed E-state index contributed by atoms with van der Waals surface area (Å²) in [6.45, 7) is 2.47. The summed E-state index contributed by atoms with van der Waals surface area (Å²) in [4.78, 5) is 12.5. The molecular weight excluding hydrogens is 400 g/mol. The molecule has 0 aliphatic carbocycles. The van der Waals surface area contributed by atoms with Crippen LogP contribution >= 0.6 is 15.9 Å². The molecule has 1 amide bonds. The smallest absolute Gasteiger partial charge is 0.266 e. The van der Waals surface area contributed by atoms with Crippen LogP contribution in [0.2, 0.25) is 0 Å². The van der Waals surface area contributed by atoms with Gasteiger partial charge in [-0.1, -0.05) is 12.1 Å². The first-order chi connectivity index (χ1) is 12.6. The largest absolute Gasteiger partial charge is 0.492 e. The minimum Gasteiger partial charge on any atom is -0.492 e. The summed E-state index contributed by atoms with van der Waals surface area (Å²) < 4.78 is 16.9. The summed E-state index contributed by atoms with van der Waals surface area (Å²) >= 11 is 3.39. The van der Waals surface area contributed by atoms with E-state index in [2.05, 4.69) is 21.2 Å². The highest BCUT2D eigenvalue weighted by atomic mass is 79.9. The molecule has 0 fully saturated rings. The number of amides is 1.